The summed E-state index contributed by atoms with van der Waals surface area (Å²) in [6.07, 6.45) is 15.8. The number of aromatic nitrogens is 4. The molecule has 4 aliphatic rings. The highest BCUT2D eigenvalue weighted by Crippen LogP contribution is 2.68. The number of aryl methyl sites for hydroxylation is 1. The molecule has 4 fully saturated rings. The fourth-order valence-corrected chi connectivity index (χ4v) is 10.2. The maximum atomic E-state index is 6.03. The van der Waals surface area contributed by atoms with Crippen molar-refractivity contribution in [2.24, 2.45) is 52.3 Å². The van der Waals surface area contributed by atoms with Crippen LogP contribution in [-0.4, -0.2) is 33.9 Å². The van der Waals surface area contributed by atoms with Crippen LogP contribution in [0.1, 0.15) is 97.2 Å². The molecular weight excluding hydrogens is 408 g/mol. The highest BCUT2D eigenvalue weighted by molar-refractivity contribution is 5.10. The number of hydrogen-bond donors (Lipinski definition) is 0. The lowest BCUT2D eigenvalue weighted by Gasteiger charge is -2.62. The fraction of sp³-hybridized carbons (Fsp3) is 0.964. The van der Waals surface area contributed by atoms with Crippen LogP contribution in [0.3, 0.4) is 0 Å². The average Bonchev–Trinajstić information content (AvgIpc) is 3.36. The van der Waals surface area contributed by atoms with Gasteiger partial charge in [0.2, 0.25) is 0 Å². The van der Waals surface area contributed by atoms with E-state index in [0.29, 0.717) is 16.7 Å². The molecule has 0 aromatic carbocycles. The third kappa shape index (κ3) is 3.89. The third-order valence-electron chi connectivity index (χ3n) is 11.5. The van der Waals surface area contributed by atoms with E-state index in [4.69, 9.17) is 4.74 Å². The summed E-state index contributed by atoms with van der Waals surface area (Å²) < 4.78 is 8.06. The molecule has 9 atom stereocenters. The largest absolute Gasteiger partial charge is 0.384 e. The summed E-state index contributed by atoms with van der Waals surface area (Å²) >= 11 is 0. The van der Waals surface area contributed by atoms with Crippen molar-refractivity contribution in [2.75, 3.05) is 13.7 Å². The zero-order chi connectivity index (χ0) is 23.2. The van der Waals surface area contributed by atoms with E-state index in [1.807, 2.05) is 18.7 Å². The van der Waals surface area contributed by atoms with E-state index in [1.165, 1.54) is 70.6 Å². The molecule has 5 heteroatoms. The first-order valence-electron chi connectivity index (χ1n) is 14.1. The van der Waals surface area contributed by atoms with Gasteiger partial charge in [-0.2, -0.15) is 0 Å². The topological polar surface area (TPSA) is 52.8 Å². The molecule has 0 aliphatic heterocycles. The molecule has 1 heterocycles. The molecule has 2 unspecified atom stereocenters. The number of rotatable bonds is 7. The fourth-order valence-electron chi connectivity index (χ4n) is 10.2. The second kappa shape index (κ2) is 9.24. The minimum absolute atomic E-state index is 0.469. The van der Waals surface area contributed by atoms with Gasteiger partial charge < -0.3 is 4.74 Å². The van der Waals surface area contributed by atoms with E-state index in [0.717, 1.165) is 54.5 Å². The summed E-state index contributed by atoms with van der Waals surface area (Å²) in [5, 5.41) is 12.3. The monoisotopic (exact) mass is 456 g/mol. The lowest BCUT2D eigenvalue weighted by molar-refractivity contribution is -0.154. The Balaban J connectivity index is 1.35. The Kier molecular flexibility index (Phi) is 6.65. The molecule has 186 valence electrons. The zero-order valence-corrected chi connectivity index (χ0v) is 21.9. The number of methoxy groups -OCH3 is 1. The van der Waals surface area contributed by atoms with Crippen molar-refractivity contribution in [3.05, 3.63) is 5.82 Å². The quantitative estimate of drug-likeness (QED) is 0.482. The van der Waals surface area contributed by atoms with Crippen molar-refractivity contribution in [3.63, 3.8) is 0 Å². The van der Waals surface area contributed by atoms with Gasteiger partial charge in [0.1, 0.15) is 5.82 Å². The molecule has 0 spiro atoms. The van der Waals surface area contributed by atoms with Crippen molar-refractivity contribution >= 4 is 0 Å². The molecule has 4 saturated carbocycles. The van der Waals surface area contributed by atoms with E-state index in [9.17, 15) is 0 Å². The van der Waals surface area contributed by atoms with Crippen molar-refractivity contribution < 1.29 is 4.74 Å². The first-order valence-corrected chi connectivity index (χ1v) is 14.1. The summed E-state index contributed by atoms with van der Waals surface area (Å²) in [6, 6.07) is 0. The van der Waals surface area contributed by atoms with Gasteiger partial charge in [0.15, 0.2) is 0 Å². The Bertz CT molecular complexity index is 810. The van der Waals surface area contributed by atoms with Gasteiger partial charge in [-0.3, -0.25) is 0 Å². The Labute approximate surface area is 201 Å². The van der Waals surface area contributed by atoms with Gasteiger partial charge in [0.05, 0.1) is 6.61 Å². The van der Waals surface area contributed by atoms with Crippen LogP contribution in [0.4, 0.5) is 0 Å². The normalized spacial score (nSPS) is 43.5. The van der Waals surface area contributed by atoms with E-state index in [1.54, 1.807) is 0 Å². The Morgan fingerprint density at radius 1 is 1.09 bits per heavy atom. The lowest BCUT2D eigenvalue weighted by Crippen LogP contribution is -2.56. The van der Waals surface area contributed by atoms with Crippen LogP contribution in [0.5, 0.6) is 0 Å². The van der Waals surface area contributed by atoms with E-state index < -0.39 is 0 Å². The molecule has 1 aromatic heterocycles. The molecule has 0 saturated heterocycles. The predicted molar refractivity (Wildman–Crippen MR) is 132 cm³/mol. The summed E-state index contributed by atoms with van der Waals surface area (Å²) in [5.41, 5.74) is 0.958. The van der Waals surface area contributed by atoms with Crippen LogP contribution in [0, 0.1) is 59.2 Å². The first-order chi connectivity index (χ1) is 15.9. The van der Waals surface area contributed by atoms with E-state index >= 15 is 0 Å². The number of hydrogen-bond acceptors (Lipinski definition) is 4. The van der Waals surface area contributed by atoms with Crippen LogP contribution in [0.15, 0.2) is 0 Å². The SMILES string of the molecule is CCC[C@H]1CC[C@]2(COC)C3CC[C@@]4(C)C(CC[C@@H]4[C@H](C)Cn4nnnc4C)[C@@H]3CC[C@@H]2C1. The average molecular weight is 457 g/mol. The number of fused-ring (bicyclic) bond motifs is 5. The van der Waals surface area contributed by atoms with Gasteiger partial charge in [-0.25, -0.2) is 4.68 Å². The molecule has 0 bridgehead atoms. The minimum atomic E-state index is 0.469. The van der Waals surface area contributed by atoms with Crippen molar-refractivity contribution in [1.82, 2.24) is 20.2 Å². The van der Waals surface area contributed by atoms with Gasteiger partial charge in [0.25, 0.3) is 0 Å². The molecule has 5 nitrogen and oxygen atoms in total. The van der Waals surface area contributed by atoms with E-state index in [2.05, 4.69) is 36.3 Å². The van der Waals surface area contributed by atoms with Gasteiger partial charge in [-0.1, -0.05) is 33.6 Å². The van der Waals surface area contributed by atoms with Crippen molar-refractivity contribution in [1.29, 1.82) is 0 Å². The second-order valence-corrected chi connectivity index (χ2v) is 12.9. The number of tetrazole rings is 1. The predicted octanol–water partition coefficient (Wildman–Crippen LogP) is 6.32. The van der Waals surface area contributed by atoms with Gasteiger partial charge >= 0.3 is 0 Å². The molecular formula is C28H48N4O. The van der Waals surface area contributed by atoms with Crippen LogP contribution in [0.25, 0.3) is 0 Å². The van der Waals surface area contributed by atoms with Crippen LogP contribution in [0.2, 0.25) is 0 Å². The van der Waals surface area contributed by atoms with Crippen molar-refractivity contribution in [3.8, 4) is 0 Å². The maximum Gasteiger partial charge on any atom is 0.148 e. The van der Waals surface area contributed by atoms with E-state index in [-0.39, 0.29) is 0 Å². The number of ether oxygens (including phenoxy) is 1. The molecule has 0 amide bonds. The third-order valence-corrected chi connectivity index (χ3v) is 11.5. The minimum Gasteiger partial charge on any atom is -0.384 e. The molecule has 1 aromatic rings. The highest BCUT2D eigenvalue weighted by atomic mass is 16.5. The van der Waals surface area contributed by atoms with Crippen LogP contribution in [-0.2, 0) is 11.3 Å². The Morgan fingerprint density at radius 2 is 1.94 bits per heavy atom. The Morgan fingerprint density at radius 3 is 2.67 bits per heavy atom. The number of nitrogens with zero attached hydrogens (tertiary/aromatic N) is 4. The van der Waals surface area contributed by atoms with Gasteiger partial charge in [-0.15, -0.1) is 5.10 Å². The lowest BCUT2D eigenvalue weighted by atomic mass is 9.43. The summed E-state index contributed by atoms with van der Waals surface area (Å²) in [4.78, 5) is 0. The van der Waals surface area contributed by atoms with Gasteiger partial charge in [-0.05, 0) is 127 Å². The standard InChI is InChI=1S/C28H48N4O/c1-6-7-21-12-15-28(18-33-5)22(16-21)8-9-23-25-11-10-24(27(25,4)14-13-26(23)28)19(2)17-32-20(3)29-30-31-32/h19,21-26H,6-18H2,1-5H3/t19-,21+,22-,23+,24-,25?,26?,27-,28-/m1/s1. The Hall–Kier alpha value is -0.970. The van der Waals surface area contributed by atoms with Crippen LogP contribution < -0.4 is 0 Å². The molecule has 0 N–H and O–H groups in total. The molecule has 4 aliphatic carbocycles. The van der Waals surface area contributed by atoms with Crippen molar-refractivity contribution in [2.45, 2.75) is 105 Å². The maximum absolute atomic E-state index is 6.03. The van der Waals surface area contributed by atoms with Gasteiger partial charge in [0, 0.05) is 13.7 Å². The second-order valence-electron chi connectivity index (χ2n) is 12.9. The first kappa shape index (κ1) is 23.8. The smallest absolute Gasteiger partial charge is 0.148 e. The summed E-state index contributed by atoms with van der Waals surface area (Å²) in [6.45, 7) is 11.5. The molecule has 33 heavy (non-hydrogen) atoms. The highest BCUT2D eigenvalue weighted by Gasteiger charge is 2.61. The zero-order valence-electron chi connectivity index (χ0n) is 21.9. The van der Waals surface area contributed by atoms with Crippen LogP contribution >= 0.6 is 0 Å². The summed E-state index contributed by atoms with van der Waals surface area (Å²) in [5.74, 6) is 6.98. The summed E-state index contributed by atoms with van der Waals surface area (Å²) in [7, 11) is 1.97. The molecule has 5 rings (SSSR count). The molecule has 0 radical (unpaired) electrons.